The number of fused-ring (bicyclic) bond motifs is 2. The van der Waals surface area contributed by atoms with Gasteiger partial charge in [-0.2, -0.15) is 0 Å². The number of amides is 1. The molecule has 2 aliphatic carbocycles. The van der Waals surface area contributed by atoms with Crippen molar-refractivity contribution in [2.45, 2.75) is 44.2 Å². The number of benzene rings is 1. The Labute approximate surface area is 133 Å². The third-order valence-electron chi connectivity index (χ3n) is 4.76. The van der Waals surface area contributed by atoms with Crippen molar-refractivity contribution >= 4 is 28.5 Å². The highest BCUT2D eigenvalue weighted by Crippen LogP contribution is 2.39. The van der Waals surface area contributed by atoms with Crippen molar-refractivity contribution in [2.24, 2.45) is 17.6 Å². The lowest BCUT2D eigenvalue weighted by Gasteiger charge is -2.45. The molecule has 1 amide bonds. The molecule has 4 heteroatoms. The minimum Gasteiger partial charge on any atom is -0.349 e. The predicted octanol–water partition coefficient (Wildman–Crippen LogP) is 2.93. The number of hydrogen-bond donors (Lipinski definition) is 2. The molecule has 3 N–H and O–H groups in total. The lowest BCUT2D eigenvalue weighted by molar-refractivity contribution is 0.0756. The van der Waals surface area contributed by atoms with Gasteiger partial charge < -0.3 is 11.1 Å². The molecule has 1 aromatic carbocycles. The fourth-order valence-electron chi connectivity index (χ4n) is 3.89. The number of rotatable bonds is 2. The normalized spacial score (nSPS) is 32.7. The van der Waals surface area contributed by atoms with Crippen LogP contribution in [-0.4, -0.2) is 18.0 Å². The zero-order valence-electron chi connectivity index (χ0n) is 11.5. The van der Waals surface area contributed by atoms with E-state index in [1.165, 1.54) is 19.3 Å². The summed E-state index contributed by atoms with van der Waals surface area (Å²) in [6, 6.07) is 8.44. The van der Waals surface area contributed by atoms with Crippen LogP contribution in [0.3, 0.4) is 0 Å². The van der Waals surface area contributed by atoms with E-state index in [4.69, 9.17) is 5.73 Å². The number of carbonyl (C=O) groups excluding carboxylic acids is 1. The molecule has 108 valence electrons. The van der Waals surface area contributed by atoms with Gasteiger partial charge in [-0.05, 0) is 78.3 Å². The smallest absolute Gasteiger partial charge is 0.251 e. The van der Waals surface area contributed by atoms with Gasteiger partial charge >= 0.3 is 0 Å². The molecule has 2 bridgehead atoms. The summed E-state index contributed by atoms with van der Waals surface area (Å²) in [5, 5.41) is 3.29. The molecular formula is C16H21IN2O. The average molecular weight is 384 g/mol. The second kappa shape index (κ2) is 6.02. The van der Waals surface area contributed by atoms with Crippen LogP contribution >= 0.6 is 22.6 Å². The Bertz CT molecular complexity index is 491. The van der Waals surface area contributed by atoms with Gasteiger partial charge in [0.05, 0.1) is 0 Å². The van der Waals surface area contributed by atoms with E-state index in [2.05, 4.69) is 27.9 Å². The maximum atomic E-state index is 12.4. The minimum atomic E-state index is 0.0703. The van der Waals surface area contributed by atoms with E-state index in [-0.39, 0.29) is 5.91 Å². The van der Waals surface area contributed by atoms with Gasteiger partial charge in [-0.15, -0.1) is 0 Å². The van der Waals surface area contributed by atoms with Crippen LogP contribution in [-0.2, 0) is 0 Å². The molecule has 1 aromatic rings. The maximum absolute atomic E-state index is 12.4. The molecule has 3 nitrogen and oxygen atoms in total. The number of carbonyl (C=O) groups is 1. The number of halogens is 1. The standard InChI is InChI=1S/C16H21IN2O/c17-13-6-2-5-12(7-13)16(20)19-15-10-3-1-4-11(15)9-14(18)8-10/h2,5-7,10-11,14-15H,1,3-4,8-9,18H2,(H,19,20). The van der Waals surface area contributed by atoms with E-state index >= 15 is 0 Å². The van der Waals surface area contributed by atoms with E-state index in [0.29, 0.717) is 23.9 Å². The van der Waals surface area contributed by atoms with Crippen LogP contribution in [0.4, 0.5) is 0 Å². The topological polar surface area (TPSA) is 55.1 Å². The lowest BCUT2D eigenvalue weighted by Crippen LogP contribution is -2.53. The molecule has 0 saturated heterocycles. The summed E-state index contributed by atoms with van der Waals surface area (Å²) in [7, 11) is 0. The molecule has 2 atom stereocenters. The fraction of sp³-hybridized carbons (Fsp3) is 0.562. The Kier molecular flexibility index (Phi) is 4.31. The highest BCUT2D eigenvalue weighted by Gasteiger charge is 2.39. The first-order valence-corrected chi connectivity index (χ1v) is 8.53. The molecule has 0 radical (unpaired) electrons. The zero-order chi connectivity index (χ0) is 14.1. The summed E-state index contributed by atoms with van der Waals surface area (Å²) in [6.45, 7) is 0. The second-order valence-corrected chi connectivity index (χ2v) is 7.44. The average Bonchev–Trinajstić information content (AvgIpc) is 2.39. The molecule has 3 rings (SSSR count). The van der Waals surface area contributed by atoms with Crippen LogP contribution in [0.25, 0.3) is 0 Å². The van der Waals surface area contributed by atoms with Crippen LogP contribution in [0.5, 0.6) is 0 Å². The van der Waals surface area contributed by atoms with E-state index < -0.39 is 0 Å². The van der Waals surface area contributed by atoms with Crippen LogP contribution < -0.4 is 11.1 Å². The van der Waals surface area contributed by atoms with Gasteiger partial charge in [0, 0.05) is 21.2 Å². The van der Waals surface area contributed by atoms with Crippen LogP contribution in [0.1, 0.15) is 42.5 Å². The van der Waals surface area contributed by atoms with E-state index in [0.717, 1.165) is 22.0 Å². The first-order valence-electron chi connectivity index (χ1n) is 7.45. The summed E-state index contributed by atoms with van der Waals surface area (Å²) < 4.78 is 1.10. The zero-order valence-corrected chi connectivity index (χ0v) is 13.7. The quantitative estimate of drug-likeness (QED) is 0.771. The van der Waals surface area contributed by atoms with Gasteiger partial charge in [-0.3, -0.25) is 4.79 Å². The Balaban J connectivity index is 1.72. The van der Waals surface area contributed by atoms with Crippen LogP contribution in [0.2, 0.25) is 0 Å². The van der Waals surface area contributed by atoms with Gasteiger partial charge in [0.25, 0.3) is 5.91 Å². The summed E-state index contributed by atoms with van der Waals surface area (Å²) in [5.74, 6) is 1.22. The van der Waals surface area contributed by atoms with Gasteiger partial charge in [-0.1, -0.05) is 12.5 Å². The van der Waals surface area contributed by atoms with E-state index in [1.54, 1.807) is 0 Å². The SMILES string of the molecule is NC1CC2CCCC(C1)C2NC(=O)c1cccc(I)c1. The van der Waals surface area contributed by atoms with Crippen molar-refractivity contribution in [3.63, 3.8) is 0 Å². The lowest BCUT2D eigenvalue weighted by atomic mass is 9.67. The predicted molar refractivity (Wildman–Crippen MR) is 88.5 cm³/mol. The van der Waals surface area contributed by atoms with Crippen molar-refractivity contribution < 1.29 is 4.79 Å². The second-order valence-electron chi connectivity index (χ2n) is 6.19. The van der Waals surface area contributed by atoms with E-state index in [9.17, 15) is 4.79 Å². The summed E-state index contributed by atoms with van der Waals surface area (Å²) in [6.07, 6.45) is 5.84. The van der Waals surface area contributed by atoms with Crippen molar-refractivity contribution in [3.05, 3.63) is 33.4 Å². The number of nitrogens with two attached hydrogens (primary N) is 1. The Hall–Kier alpha value is -0.620. The Morgan fingerprint density at radius 2 is 1.95 bits per heavy atom. The van der Waals surface area contributed by atoms with Crippen molar-refractivity contribution in [1.82, 2.24) is 5.32 Å². The molecular weight excluding hydrogens is 363 g/mol. The van der Waals surface area contributed by atoms with Gasteiger partial charge in [0.1, 0.15) is 0 Å². The first-order chi connectivity index (χ1) is 9.63. The van der Waals surface area contributed by atoms with Crippen molar-refractivity contribution in [3.8, 4) is 0 Å². The Morgan fingerprint density at radius 1 is 1.25 bits per heavy atom. The maximum Gasteiger partial charge on any atom is 0.251 e. The van der Waals surface area contributed by atoms with Crippen molar-refractivity contribution in [1.29, 1.82) is 0 Å². The Morgan fingerprint density at radius 3 is 2.60 bits per heavy atom. The number of hydrogen-bond acceptors (Lipinski definition) is 2. The van der Waals surface area contributed by atoms with Crippen LogP contribution in [0.15, 0.2) is 24.3 Å². The largest absolute Gasteiger partial charge is 0.349 e. The summed E-state index contributed by atoms with van der Waals surface area (Å²) in [5.41, 5.74) is 6.90. The molecule has 2 aliphatic rings. The van der Waals surface area contributed by atoms with Gasteiger partial charge in [0.15, 0.2) is 0 Å². The highest BCUT2D eigenvalue weighted by atomic mass is 127. The molecule has 20 heavy (non-hydrogen) atoms. The van der Waals surface area contributed by atoms with Crippen LogP contribution in [0, 0.1) is 15.4 Å². The van der Waals surface area contributed by atoms with Gasteiger partial charge in [-0.25, -0.2) is 0 Å². The molecule has 0 aromatic heterocycles. The van der Waals surface area contributed by atoms with Gasteiger partial charge in [0.2, 0.25) is 0 Å². The molecule has 2 unspecified atom stereocenters. The number of nitrogens with one attached hydrogen (secondary N) is 1. The molecule has 0 spiro atoms. The molecule has 2 fully saturated rings. The summed E-state index contributed by atoms with van der Waals surface area (Å²) >= 11 is 2.24. The van der Waals surface area contributed by atoms with Crippen molar-refractivity contribution in [2.75, 3.05) is 0 Å². The third-order valence-corrected chi connectivity index (χ3v) is 5.43. The minimum absolute atomic E-state index is 0.0703. The fourth-order valence-corrected chi connectivity index (χ4v) is 4.43. The molecule has 0 heterocycles. The monoisotopic (exact) mass is 384 g/mol. The molecule has 2 saturated carbocycles. The summed E-state index contributed by atoms with van der Waals surface area (Å²) in [4.78, 5) is 12.4. The first kappa shape index (κ1) is 14.3. The molecule has 0 aliphatic heterocycles. The highest BCUT2D eigenvalue weighted by molar-refractivity contribution is 14.1. The third kappa shape index (κ3) is 3.01. The van der Waals surface area contributed by atoms with E-state index in [1.807, 2.05) is 24.3 Å².